The van der Waals surface area contributed by atoms with Crippen LogP contribution < -0.4 is 16.0 Å². The normalized spacial score (nSPS) is 16.3. The molecule has 5 N–H and O–H groups in total. The van der Waals surface area contributed by atoms with E-state index in [2.05, 4.69) is 25.2 Å². The van der Waals surface area contributed by atoms with Gasteiger partial charge in [-0.1, -0.05) is 17.4 Å². The quantitative estimate of drug-likeness (QED) is 0.328. The number of carbonyl (C=O) groups excluding carboxylic acids is 1. The Hall–Kier alpha value is -3.13. The van der Waals surface area contributed by atoms with E-state index in [0.717, 1.165) is 55.1 Å². The van der Waals surface area contributed by atoms with Gasteiger partial charge in [0.05, 0.1) is 25.0 Å². The smallest absolute Gasteiger partial charge is 0.277 e. The summed E-state index contributed by atoms with van der Waals surface area (Å²) in [6.07, 6.45) is 4.16. The Bertz CT molecular complexity index is 1210. The van der Waals surface area contributed by atoms with Crippen LogP contribution in [0.2, 0.25) is 0 Å². The highest BCUT2D eigenvalue weighted by atomic mass is 32.1. The molecule has 1 aliphatic heterocycles. The summed E-state index contributed by atoms with van der Waals surface area (Å²) in [6.45, 7) is 2.50. The number of carbonyl (C=O) groups is 1. The van der Waals surface area contributed by atoms with Crippen LogP contribution in [0.4, 0.5) is 25.3 Å². The molecule has 1 aromatic carbocycles. The van der Waals surface area contributed by atoms with E-state index in [1.54, 1.807) is 17.9 Å². The van der Waals surface area contributed by atoms with Gasteiger partial charge in [-0.15, -0.1) is 0 Å². The van der Waals surface area contributed by atoms with Crippen molar-refractivity contribution < 1.29 is 23.8 Å². The standard InChI is InChI=1S/C24H31F2N7O3S/c1-31-24(33-8-3-4-15(7-9-33)32(10-12-34)11-13-35)18(14-28-31)29-22(36)20-21(27)37-23(30-20)19-16(25)5-2-6-17(19)26/h2,5-6,14-15,34-35H,3-4,7-13,27H2,1H3,(H,29,36)/t15-/m0/s1. The van der Waals surface area contributed by atoms with Crippen LogP contribution in [0.3, 0.4) is 0 Å². The van der Waals surface area contributed by atoms with E-state index in [1.807, 2.05) is 0 Å². The van der Waals surface area contributed by atoms with Gasteiger partial charge in [-0.3, -0.25) is 14.4 Å². The molecule has 0 aliphatic carbocycles. The predicted octanol–water partition coefficient (Wildman–Crippen LogP) is 2.30. The zero-order chi connectivity index (χ0) is 26.5. The summed E-state index contributed by atoms with van der Waals surface area (Å²) in [6, 6.07) is 3.72. The largest absolute Gasteiger partial charge is 0.395 e. The van der Waals surface area contributed by atoms with Crippen LogP contribution in [0.25, 0.3) is 10.6 Å². The van der Waals surface area contributed by atoms with Crippen molar-refractivity contribution in [3.63, 3.8) is 0 Å². The van der Waals surface area contributed by atoms with Crippen molar-refractivity contribution in [1.29, 1.82) is 0 Å². The minimum Gasteiger partial charge on any atom is -0.395 e. The maximum absolute atomic E-state index is 14.2. The molecule has 1 atom stereocenters. The first-order valence-corrected chi connectivity index (χ1v) is 12.9. The minimum absolute atomic E-state index is 0.0152. The van der Waals surface area contributed by atoms with Crippen LogP contribution in [-0.2, 0) is 7.05 Å². The monoisotopic (exact) mass is 535 g/mol. The number of halogens is 2. The molecule has 1 saturated heterocycles. The van der Waals surface area contributed by atoms with Crippen molar-refractivity contribution in [2.24, 2.45) is 7.05 Å². The van der Waals surface area contributed by atoms with Crippen LogP contribution in [0.5, 0.6) is 0 Å². The van der Waals surface area contributed by atoms with Crippen molar-refractivity contribution in [3.8, 4) is 10.6 Å². The number of aryl methyl sites for hydroxylation is 1. The Balaban J connectivity index is 1.51. The number of thiazole rings is 1. The molecule has 3 heterocycles. The molecule has 3 aromatic rings. The first-order chi connectivity index (χ1) is 17.8. The number of rotatable bonds is 9. The van der Waals surface area contributed by atoms with Gasteiger partial charge in [0.25, 0.3) is 5.91 Å². The van der Waals surface area contributed by atoms with E-state index in [-0.39, 0.29) is 40.5 Å². The summed E-state index contributed by atoms with van der Waals surface area (Å²) >= 11 is 0.840. The van der Waals surface area contributed by atoms with Crippen LogP contribution in [0.1, 0.15) is 29.8 Å². The fourth-order valence-electron chi connectivity index (χ4n) is 4.77. The number of hydrogen-bond acceptors (Lipinski definition) is 9. The average molecular weight is 536 g/mol. The molecule has 0 bridgehead atoms. The fourth-order valence-corrected chi connectivity index (χ4v) is 5.65. The van der Waals surface area contributed by atoms with Crippen LogP contribution >= 0.6 is 11.3 Å². The predicted molar refractivity (Wildman–Crippen MR) is 139 cm³/mol. The number of nitrogen functional groups attached to an aromatic ring is 1. The number of anilines is 3. The lowest BCUT2D eigenvalue weighted by Crippen LogP contribution is -2.40. The maximum Gasteiger partial charge on any atom is 0.277 e. The number of benzene rings is 1. The second-order valence-corrected chi connectivity index (χ2v) is 9.87. The van der Waals surface area contributed by atoms with Gasteiger partial charge in [0.2, 0.25) is 0 Å². The maximum atomic E-state index is 14.2. The van der Waals surface area contributed by atoms with Crippen LogP contribution in [-0.4, -0.2) is 81.2 Å². The molecule has 2 aromatic heterocycles. The molecule has 0 spiro atoms. The third kappa shape index (κ3) is 5.90. The van der Waals surface area contributed by atoms with Crippen molar-refractivity contribution in [3.05, 3.63) is 41.7 Å². The van der Waals surface area contributed by atoms with Crippen LogP contribution in [0, 0.1) is 11.6 Å². The Morgan fingerprint density at radius 3 is 2.59 bits per heavy atom. The number of aliphatic hydroxyl groups is 2. The summed E-state index contributed by atoms with van der Waals surface area (Å²) in [5, 5.41) is 25.9. The third-order valence-electron chi connectivity index (χ3n) is 6.49. The zero-order valence-electron chi connectivity index (χ0n) is 20.5. The number of amides is 1. The molecule has 13 heteroatoms. The summed E-state index contributed by atoms with van der Waals surface area (Å²) in [5.74, 6) is -1.45. The topological polar surface area (TPSA) is 133 Å². The van der Waals surface area contributed by atoms with Gasteiger partial charge in [0, 0.05) is 39.3 Å². The lowest BCUT2D eigenvalue weighted by molar-refractivity contribution is 0.102. The number of nitrogens with two attached hydrogens (primary N) is 1. The molecule has 10 nitrogen and oxygen atoms in total. The fraction of sp³-hybridized carbons (Fsp3) is 0.458. The van der Waals surface area contributed by atoms with Crippen molar-refractivity contribution in [2.75, 3.05) is 55.3 Å². The van der Waals surface area contributed by atoms with E-state index >= 15 is 0 Å². The van der Waals surface area contributed by atoms with Gasteiger partial charge < -0.3 is 26.2 Å². The van der Waals surface area contributed by atoms with E-state index < -0.39 is 17.5 Å². The van der Waals surface area contributed by atoms with E-state index in [1.165, 1.54) is 6.07 Å². The Morgan fingerprint density at radius 2 is 1.92 bits per heavy atom. The van der Waals surface area contributed by atoms with Gasteiger partial charge in [0.1, 0.15) is 27.3 Å². The Morgan fingerprint density at radius 1 is 1.22 bits per heavy atom. The summed E-state index contributed by atoms with van der Waals surface area (Å²) in [4.78, 5) is 21.5. The van der Waals surface area contributed by atoms with Gasteiger partial charge in [-0.2, -0.15) is 5.10 Å². The third-order valence-corrected chi connectivity index (χ3v) is 7.39. The molecule has 37 heavy (non-hydrogen) atoms. The molecular formula is C24H31F2N7O3S. The van der Waals surface area contributed by atoms with Gasteiger partial charge in [-0.05, 0) is 31.4 Å². The summed E-state index contributed by atoms with van der Waals surface area (Å²) in [7, 11) is 1.79. The molecule has 1 fully saturated rings. The molecule has 0 radical (unpaired) electrons. The molecule has 0 saturated carbocycles. The Kier molecular flexibility index (Phi) is 8.69. The lowest BCUT2D eigenvalue weighted by atomic mass is 10.1. The number of hydrogen-bond donors (Lipinski definition) is 4. The highest BCUT2D eigenvalue weighted by Crippen LogP contribution is 2.34. The van der Waals surface area contributed by atoms with Crippen molar-refractivity contribution >= 4 is 33.8 Å². The van der Waals surface area contributed by atoms with Gasteiger partial charge in [-0.25, -0.2) is 13.8 Å². The zero-order valence-corrected chi connectivity index (χ0v) is 21.3. The SMILES string of the molecule is Cn1ncc(NC(=O)c2nc(-c3c(F)cccc3F)sc2N)c1N1CCC[C@H](N(CCO)CCO)CC1. The van der Waals surface area contributed by atoms with Crippen molar-refractivity contribution in [2.45, 2.75) is 25.3 Å². The highest BCUT2D eigenvalue weighted by Gasteiger charge is 2.27. The number of nitrogens with zero attached hydrogens (tertiary/aromatic N) is 5. The van der Waals surface area contributed by atoms with E-state index in [0.29, 0.717) is 25.3 Å². The summed E-state index contributed by atoms with van der Waals surface area (Å²) in [5.41, 5.74) is 6.05. The lowest BCUT2D eigenvalue weighted by Gasteiger charge is -2.30. The highest BCUT2D eigenvalue weighted by molar-refractivity contribution is 7.19. The average Bonchev–Trinajstić information content (AvgIpc) is 3.31. The number of aromatic nitrogens is 3. The van der Waals surface area contributed by atoms with Crippen LogP contribution in [0.15, 0.2) is 24.4 Å². The summed E-state index contributed by atoms with van der Waals surface area (Å²) < 4.78 is 30.1. The second-order valence-electron chi connectivity index (χ2n) is 8.84. The van der Waals surface area contributed by atoms with E-state index in [9.17, 15) is 23.8 Å². The molecular weight excluding hydrogens is 504 g/mol. The van der Waals surface area contributed by atoms with Gasteiger partial charge >= 0.3 is 0 Å². The van der Waals surface area contributed by atoms with Gasteiger partial charge in [0.15, 0.2) is 11.5 Å². The first-order valence-electron chi connectivity index (χ1n) is 12.1. The molecule has 4 rings (SSSR count). The minimum atomic E-state index is -0.786. The van der Waals surface area contributed by atoms with E-state index in [4.69, 9.17) is 5.73 Å². The molecule has 200 valence electrons. The molecule has 0 unspecified atom stereocenters. The second kappa shape index (κ2) is 11.9. The number of nitrogens with one attached hydrogen (secondary N) is 1. The molecule has 1 aliphatic rings. The molecule has 1 amide bonds. The first kappa shape index (κ1) is 26.9. The number of aliphatic hydroxyl groups excluding tert-OH is 2. The Labute approximate surface area is 217 Å². The van der Waals surface area contributed by atoms with Crippen molar-refractivity contribution in [1.82, 2.24) is 19.7 Å².